The number of benzene rings is 2. The fourth-order valence-electron chi connectivity index (χ4n) is 4.13. The molecule has 0 fully saturated rings. The Hall–Kier alpha value is -4.20. The highest BCUT2D eigenvalue weighted by atomic mass is 19.4. The van der Waals surface area contributed by atoms with Crippen molar-refractivity contribution in [3.63, 3.8) is 0 Å². The number of nitrogens with two attached hydrogens (primary N) is 3. The number of hydrogen-bond donors (Lipinski definition) is 4. The molecule has 2 atom stereocenters. The molecule has 2 amide bonds. The van der Waals surface area contributed by atoms with Crippen LogP contribution in [0.3, 0.4) is 0 Å². The maximum atomic E-state index is 13.4. The van der Waals surface area contributed by atoms with Gasteiger partial charge in [-0.2, -0.15) is 13.2 Å². The number of amides is 2. The van der Waals surface area contributed by atoms with Gasteiger partial charge in [-0.05, 0) is 29.8 Å². The highest BCUT2D eigenvalue weighted by Gasteiger charge is 2.34. The molecular formula is C28H31F3N6O4. The van der Waals surface area contributed by atoms with Gasteiger partial charge in [0.2, 0.25) is 11.8 Å². The zero-order chi connectivity index (χ0) is 30.2. The summed E-state index contributed by atoms with van der Waals surface area (Å²) in [6.07, 6.45) is -3.94. The van der Waals surface area contributed by atoms with Gasteiger partial charge >= 0.3 is 6.18 Å². The molecular weight excluding hydrogens is 541 g/mol. The van der Waals surface area contributed by atoms with Crippen LogP contribution in [-0.2, 0) is 27.0 Å². The Labute approximate surface area is 234 Å². The maximum Gasteiger partial charge on any atom is 0.416 e. The number of Topliss-reactive ketones (excluding diaryl/α,β-unsaturated/α-hetero) is 2. The summed E-state index contributed by atoms with van der Waals surface area (Å²) in [5.74, 6) is -3.14. The highest BCUT2D eigenvalue weighted by Crippen LogP contribution is 2.29. The zero-order valence-corrected chi connectivity index (χ0v) is 22.1. The largest absolute Gasteiger partial charge is 0.416 e. The van der Waals surface area contributed by atoms with Gasteiger partial charge in [-0.15, -0.1) is 0 Å². The molecule has 0 bridgehead atoms. The van der Waals surface area contributed by atoms with E-state index in [1.54, 1.807) is 30.3 Å². The molecule has 0 aliphatic heterocycles. The van der Waals surface area contributed by atoms with E-state index in [1.807, 2.05) is 0 Å². The van der Waals surface area contributed by atoms with Gasteiger partial charge in [0.15, 0.2) is 17.6 Å². The van der Waals surface area contributed by atoms with Crippen LogP contribution in [0.1, 0.15) is 27.9 Å². The quantitative estimate of drug-likeness (QED) is 0.175. The van der Waals surface area contributed by atoms with Crippen molar-refractivity contribution >= 4 is 34.3 Å². The number of carbonyl (C=O) groups excluding carboxylic acids is 4. The Morgan fingerprint density at radius 3 is 2.20 bits per heavy atom. The number of hydrogen-bond acceptors (Lipinski definition) is 8. The van der Waals surface area contributed by atoms with Crippen LogP contribution in [0.4, 0.5) is 13.2 Å². The van der Waals surface area contributed by atoms with Crippen LogP contribution in [0.2, 0.25) is 0 Å². The van der Waals surface area contributed by atoms with E-state index < -0.39 is 53.6 Å². The van der Waals surface area contributed by atoms with E-state index in [4.69, 9.17) is 17.2 Å². The van der Waals surface area contributed by atoms with Gasteiger partial charge in [-0.1, -0.05) is 30.3 Å². The lowest BCUT2D eigenvalue weighted by Crippen LogP contribution is -2.53. The number of pyridine rings is 1. The van der Waals surface area contributed by atoms with Gasteiger partial charge in [0, 0.05) is 49.7 Å². The van der Waals surface area contributed by atoms with Crippen molar-refractivity contribution in [2.75, 3.05) is 26.2 Å². The first-order chi connectivity index (χ1) is 19.4. The molecule has 0 spiro atoms. The summed E-state index contributed by atoms with van der Waals surface area (Å²) in [6.45, 7) is 0.708. The predicted octanol–water partition coefficient (Wildman–Crippen LogP) is 1.20. The number of ketones is 2. The molecule has 2 aromatic carbocycles. The van der Waals surface area contributed by atoms with Crippen LogP contribution < -0.4 is 22.5 Å². The van der Waals surface area contributed by atoms with Crippen LogP contribution in [0.15, 0.2) is 60.8 Å². The monoisotopic (exact) mass is 572 g/mol. The third-order valence-corrected chi connectivity index (χ3v) is 6.28. The smallest absolute Gasteiger partial charge is 0.340 e. The van der Waals surface area contributed by atoms with Crippen molar-refractivity contribution in [3.8, 4) is 0 Å². The van der Waals surface area contributed by atoms with E-state index >= 15 is 0 Å². The summed E-state index contributed by atoms with van der Waals surface area (Å²) < 4.78 is 39.1. The van der Waals surface area contributed by atoms with Crippen LogP contribution in [0, 0.1) is 0 Å². The summed E-state index contributed by atoms with van der Waals surface area (Å²) in [6, 6.07) is 8.91. The molecule has 218 valence electrons. The average molecular weight is 573 g/mol. The number of para-hydroxylation sites is 1. The SMILES string of the molecule is NCCN(CCN)C(=O)C[C@H](N)C(=O)N[C@H](C(=O)Cc1cnc2ccccc2c1)C(=O)c1ccc(C(F)(F)F)cc1. The lowest BCUT2D eigenvalue weighted by Gasteiger charge is -2.24. The molecule has 0 aliphatic rings. The van der Waals surface area contributed by atoms with E-state index in [2.05, 4.69) is 10.3 Å². The fourth-order valence-corrected chi connectivity index (χ4v) is 4.13. The Morgan fingerprint density at radius 2 is 1.59 bits per heavy atom. The molecule has 0 radical (unpaired) electrons. The third kappa shape index (κ3) is 8.39. The van der Waals surface area contributed by atoms with Crippen LogP contribution in [0.5, 0.6) is 0 Å². The average Bonchev–Trinajstić information content (AvgIpc) is 2.94. The summed E-state index contributed by atoms with van der Waals surface area (Å²) in [5, 5.41) is 3.04. The number of halogens is 3. The number of alkyl halides is 3. The minimum absolute atomic E-state index is 0.162. The number of rotatable bonds is 13. The Kier molecular flexibility index (Phi) is 10.6. The molecule has 10 nitrogen and oxygen atoms in total. The Balaban J connectivity index is 1.84. The van der Waals surface area contributed by atoms with E-state index in [9.17, 15) is 32.3 Å². The van der Waals surface area contributed by atoms with Crippen molar-refractivity contribution in [1.29, 1.82) is 0 Å². The molecule has 3 rings (SSSR count). The van der Waals surface area contributed by atoms with Crippen LogP contribution >= 0.6 is 0 Å². The number of fused-ring (bicyclic) bond motifs is 1. The predicted molar refractivity (Wildman–Crippen MR) is 145 cm³/mol. The molecule has 7 N–H and O–H groups in total. The van der Waals surface area contributed by atoms with Gasteiger partial charge in [0.25, 0.3) is 0 Å². The summed E-state index contributed by atoms with van der Waals surface area (Å²) in [4.78, 5) is 57.9. The zero-order valence-electron chi connectivity index (χ0n) is 22.1. The minimum Gasteiger partial charge on any atom is -0.340 e. The topological polar surface area (TPSA) is 174 Å². The number of nitrogens with zero attached hydrogens (tertiary/aromatic N) is 2. The molecule has 1 heterocycles. The molecule has 41 heavy (non-hydrogen) atoms. The Morgan fingerprint density at radius 1 is 0.951 bits per heavy atom. The van der Waals surface area contributed by atoms with Crippen LogP contribution in [-0.4, -0.2) is 71.5 Å². The van der Waals surface area contributed by atoms with Gasteiger partial charge in [-0.3, -0.25) is 24.2 Å². The summed E-state index contributed by atoms with van der Waals surface area (Å²) in [5.41, 5.74) is 16.9. The third-order valence-electron chi connectivity index (χ3n) is 6.28. The second kappa shape index (κ2) is 13.9. The standard InChI is InChI=1S/C28H31F3N6O4/c29-28(30,31)20-7-5-18(6-8-20)26(40)25(23(38)14-17-13-19-3-1-2-4-22(19)35-16-17)36-27(41)21(34)15-24(39)37(11-9-32)12-10-33/h1-8,13,16,21,25H,9-12,14-15,32-34H2,(H,36,41)/t21-,25+/m0/s1. The number of nitrogens with one attached hydrogen (secondary N) is 1. The first-order valence-electron chi connectivity index (χ1n) is 12.8. The maximum absolute atomic E-state index is 13.4. The van der Waals surface area contributed by atoms with Crippen molar-refractivity contribution < 1.29 is 32.3 Å². The Bertz CT molecular complexity index is 1390. The number of aromatic nitrogens is 1. The second-order valence-corrected chi connectivity index (χ2v) is 9.33. The van der Waals surface area contributed by atoms with Gasteiger partial charge in [0.1, 0.15) is 0 Å². The van der Waals surface area contributed by atoms with Gasteiger partial charge in [0.05, 0.1) is 23.5 Å². The molecule has 0 saturated carbocycles. The summed E-state index contributed by atoms with van der Waals surface area (Å²) >= 11 is 0. The van der Waals surface area contributed by atoms with E-state index in [0.29, 0.717) is 23.2 Å². The van der Waals surface area contributed by atoms with E-state index in [0.717, 1.165) is 17.5 Å². The van der Waals surface area contributed by atoms with Crippen molar-refractivity contribution in [2.24, 2.45) is 17.2 Å². The second-order valence-electron chi connectivity index (χ2n) is 9.33. The van der Waals surface area contributed by atoms with Crippen molar-refractivity contribution in [2.45, 2.75) is 31.1 Å². The molecule has 3 aromatic rings. The first-order valence-corrected chi connectivity index (χ1v) is 12.8. The molecule has 0 unspecified atom stereocenters. The molecule has 13 heteroatoms. The summed E-state index contributed by atoms with van der Waals surface area (Å²) in [7, 11) is 0. The molecule has 0 aliphatic carbocycles. The van der Waals surface area contributed by atoms with E-state index in [-0.39, 0.29) is 38.2 Å². The van der Waals surface area contributed by atoms with Gasteiger partial charge in [-0.25, -0.2) is 0 Å². The minimum atomic E-state index is -4.63. The molecule has 1 aromatic heterocycles. The normalized spacial score (nSPS) is 12.9. The van der Waals surface area contributed by atoms with Crippen molar-refractivity contribution in [3.05, 3.63) is 77.5 Å². The van der Waals surface area contributed by atoms with Crippen molar-refractivity contribution in [1.82, 2.24) is 15.2 Å². The number of carbonyl (C=O) groups is 4. The lowest BCUT2D eigenvalue weighted by atomic mass is 9.95. The highest BCUT2D eigenvalue weighted by molar-refractivity contribution is 6.16. The fraction of sp³-hybridized carbons (Fsp3) is 0.321. The van der Waals surface area contributed by atoms with E-state index in [1.165, 1.54) is 11.1 Å². The van der Waals surface area contributed by atoms with Gasteiger partial charge < -0.3 is 27.4 Å². The lowest BCUT2D eigenvalue weighted by molar-refractivity contribution is -0.137. The molecule has 0 saturated heterocycles. The van der Waals surface area contributed by atoms with Crippen LogP contribution in [0.25, 0.3) is 10.9 Å². The first kappa shape index (κ1) is 31.3.